The van der Waals surface area contributed by atoms with Crippen molar-refractivity contribution in [2.75, 3.05) is 0 Å². The molecule has 0 aliphatic carbocycles. The zero-order valence-corrected chi connectivity index (χ0v) is 5.22. The van der Waals surface area contributed by atoms with Crippen molar-refractivity contribution in [2.24, 2.45) is 5.73 Å². The van der Waals surface area contributed by atoms with E-state index in [1.807, 2.05) is 6.92 Å². The molecule has 0 bridgehead atoms. The Morgan fingerprint density at radius 1 is 1.88 bits per heavy atom. The Morgan fingerprint density at radius 3 is 2.50 bits per heavy atom. The summed E-state index contributed by atoms with van der Waals surface area (Å²) in [5.74, 6) is 0. The Morgan fingerprint density at radius 2 is 2.38 bits per heavy atom. The van der Waals surface area contributed by atoms with Crippen molar-refractivity contribution in [1.82, 2.24) is 0 Å². The third-order valence-corrected chi connectivity index (χ3v) is 0.869. The van der Waals surface area contributed by atoms with E-state index in [1.165, 1.54) is 7.85 Å². The fraction of sp³-hybridized carbons (Fsp3) is 0.400. The van der Waals surface area contributed by atoms with Crippen molar-refractivity contribution >= 4 is 13.5 Å². The third kappa shape index (κ3) is 2.58. The molecule has 0 spiro atoms. The van der Waals surface area contributed by atoms with Gasteiger partial charge in [0.05, 0.1) is 6.04 Å². The van der Waals surface area contributed by atoms with E-state index in [4.69, 9.17) is 5.73 Å². The highest BCUT2D eigenvalue weighted by Crippen LogP contribution is 1.78. The summed E-state index contributed by atoms with van der Waals surface area (Å²) in [5, 5.41) is 0. The molecule has 3 heteroatoms. The van der Waals surface area contributed by atoms with Crippen LogP contribution in [0.25, 0.3) is 0 Å². The van der Waals surface area contributed by atoms with Gasteiger partial charge in [0.25, 0.3) is 0 Å². The lowest BCUT2D eigenvalue weighted by atomic mass is 9.95. The van der Waals surface area contributed by atoms with E-state index in [-0.39, 0.29) is 5.68 Å². The topological polar surface area (TPSA) is 43.1 Å². The highest BCUT2D eigenvalue weighted by atomic mass is 16.1. The van der Waals surface area contributed by atoms with Crippen LogP contribution in [0.5, 0.6) is 0 Å². The molecule has 0 aliphatic rings. The summed E-state index contributed by atoms with van der Waals surface area (Å²) in [5.41, 5.74) is 5.29. The van der Waals surface area contributed by atoms with Gasteiger partial charge < -0.3 is 10.5 Å². The molecular formula is C5H10BNO. The lowest BCUT2D eigenvalue weighted by Gasteiger charge is -1.96. The SMILES string of the molecule is BC(=O)C(N)C=CC. The van der Waals surface area contributed by atoms with Gasteiger partial charge in [-0.15, -0.1) is 0 Å². The number of hydrogen-bond donors (Lipinski definition) is 1. The molecule has 0 aromatic carbocycles. The summed E-state index contributed by atoms with van der Waals surface area (Å²) < 4.78 is 0. The summed E-state index contributed by atoms with van der Waals surface area (Å²) in [6.45, 7) is 1.84. The van der Waals surface area contributed by atoms with Gasteiger partial charge >= 0.3 is 0 Å². The van der Waals surface area contributed by atoms with Crippen LogP contribution in [0.2, 0.25) is 0 Å². The van der Waals surface area contributed by atoms with E-state index in [1.54, 1.807) is 12.2 Å². The van der Waals surface area contributed by atoms with Gasteiger partial charge in [0.2, 0.25) is 0 Å². The fourth-order valence-corrected chi connectivity index (χ4v) is 0.343. The van der Waals surface area contributed by atoms with Crippen LogP contribution in [0.3, 0.4) is 0 Å². The maximum Gasteiger partial charge on any atom is 0.189 e. The molecule has 1 unspecified atom stereocenters. The second kappa shape index (κ2) is 3.44. The predicted octanol–water partition coefficient (Wildman–Crippen LogP) is -0.951. The van der Waals surface area contributed by atoms with Crippen LogP contribution in [0.15, 0.2) is 12.2 Å². The second-order valence-corrected chi connectivity index (χ2v) is 1.66. The summed E-state index contributed by atoms with van der Waals surface area (Å²) in [6.07, 6.45) is 3.44. The summed E-state index contributed by atoms with van der Waals surface area (Å²) in [7, 11) is 1.48. The zero-order chi connectivity index (χ0) is 6.57. The van der Waals surface area contributed by atoms with Crippen molar-refractivity contribution in [2.45, 2.75) is 13.0 Å². The molecule has 0 heterocycles. The van der Waals surface area contributed by atoms with Gasteiger partial charge in [0.15, 0.2) is 7.85 Å². The van der Waals surface area contributed by atoms with Crippen molar-refractivity contribution in [3.63, 3.8) is 0 Å². The average Bonchev–Trinajstić information content (AvgIpc) is 1.67. The van der Waals surface area contributed by atoms with Gasteiger partial charge in [-0.3, -0.25) is 0 Å². The minimum atomic E-state index is -0.403. The molecule has 8 heavy (non-hydrogen) atoms. The molecule has 44 valence electrons. The molecule has 2 N–H and O–H groups in total. The number of nitrogens with two attached hydrogens (primary N) is 1. The summed E-state index contributed by atoms with van der Waals surface area (Å²) in [4.78, 5) is 10.4. The number of allylic oxidation sites excluding steroid dienone is 1. The Labute approximate surface area is 50.2 Å². The molecule has 0 amide bonds. The first kappa shape index (κ1) is 7.43. The van der Waals surface area contributed by atoms with Crippen LogP contribution in [0.4, 0.5) is 0 Å². The minimum Gasteiger partial charge on any atom is -0.319 e. The summed E-state index contributed by atoms with van der Waals surface area (Å²) >= 11 is 0. The molecule has 0 radical (unpaired) electrons. The van der Waals surface area contributed by atoms with E-state index in [0.717, 1.165) is 0 Å². The first-order chi connectivity index (χ1) is 3.68. The second-order valence-electron chi connectivity index (χ2n) is 1.66. The van der Waals surface area contributed by atoms with E-state index < -0.39 is 6.04 Å². The molecule has 0 saturated carbocycles. The number of carbonyl (C=O) groups is 1. The van der Waals surface area contributed by atoms with Gasteiger partial charge in [0.1, 0.15) is 5.68 Å². The van der Waals surface area contributed by atoms with Crippen LogP contribution in [0, 0.1) is 0 Å². The van der Waals surface area contributed by atoms with Crippen LogP contribution < -0.4 is 5.73 Å². The van der Waals surface area contributed by atoms with Crippen molar-refractivity contribution < 1.29 is 4.79 Å². The average molecular weight is 111 g/mol. The van der Waals surface area contributed by atoms with Crippen molar-refractivity contribution in [3.8, 4) is 0 Å². The maximum absolute atomic E-state index is 10.4. The highest BCUT2D eigenvalue weighted by Gasteiger charge is 1.99. The minimum absolute atomic E-state index is 0.00287. The quantitative estimate of drug-likeness (QED) is 0.368. The van der Waals surface area contributed by atoms with Crippen LogP contribution in [-0.2, 0) is 4.79 Å². The number of hydrogen-bond acceptors (Lipinski definition) is 2. The van der Waals surface area contributed by atoms with Gasteiger partial charge in [-0.25, -0.2) is 0 Å². The molecule has 2 nitrogen and oxygen atoms in total. The van der Waals surface area contributed by atoms with Gasteiger partial charge in [0, 0.05) is 0 Å². The number of carbonyl (C=O) groups excluding carboxylic acids is 1. The smallest absolute Gasteiger partial charge is 0.189 e. The first-order valence-electron chi connectivity index (χ1n) is 2.57. The van der Waals surface area contributed by atoms with Gasteiger partial charge in [-0.05, 0) is 6.92 Å². The normalized spacial score (nSPS) is 14.2. The molecule has 0 aliphatic heterocycles. The Bertz CT molecular complexity index is 111. The molecule has 0 aromatic heterocycles. The van der Waals surface area contributed by atoms with E-state index in [0.29, 0.717) is 0 Å². The Balaban J connectivity index is 3.64. The van der Waals surface area contributed by atoms with E-state index >= 15 is 0 Å². The lowest BCUT2D eigenvalue weighted by Crippen LogP contribution is -2.27. The van der Waals surface area contributed by atoms with Crippen LogP contribution >= 0.6 is 0 Å². The molecule has 0 aromatic rings. The Kier molecular flexibility index (Phi) is 3.20. The predicted molar refractivity (Wildman–Crippen MR) is 36.3 cm³/mol. The molecular weight excluding hydrogens is 101 g/mol. The van der Waals surface area contributed by atoms with Crippen LogP contribution in [-0.4, -0.2) is 19.6 Å². The van der Waals surface area contributed by atoms with Gasteiger partial charge in [-0.1, -0.05) is 12.2 Å². The third-order valence-electron chi connectivity index (χ3n) is 0.869. The summed E-state index contributed by atoms with van der Waals surface area (Å²) in [6, 6.07) is -0.403. The molecule has 0 rings (SSSR count). The monoisotopic (exact) mass is 111 g/mol. The van der Waals surface area contributed by atoms with E-state index in [2.05, 4.69) is 0 Å². The largest absolute Gasteiger partial charge is 0.319 e. The van der Waals surface area contributed by atoms with Crippen molar-refractivity contribution in [3.05, 3.63) is 12.2 Å². The highest BCUT2D eigenvalue weighted by molar-refractivity contribution is 6.59. The van der Waals surface area contributed by atoms with Gasteiger partial charge in [-0.2, -0.15) is 0 Å². The van der Waals surface area contributed by atoms with Crippen LogP contribution in [0.1, 0.15) is 6.92 Å². The molecule has 0 saturated heterocycles. The zero-order valence-electron chi connectivity index (χ0n) is 5.22. The molecule has 0 fully saturated rings. The Hall–Kier alpha value is -0.565. The molecule has 1 atom stereocenters. The maximum atomic E-state index is 10.4. The van der Waals surface area contributed by atoms with Crippen molar-refractivity contribution in [1.29, 1.82) is 0 Å². The number of rotatable bonds is 2. The van der Waals surface area contributed by atoms with E-state index in [9.17, 15) is 4.79 Å². The standard InChI is InChI=1S/C5H10BNO/c1-2-3-4(7)5(6)8/h2-4H,6-7H2,1H3. The lowest BCUT2D eigenvalue weighted by molar-refractivity contribution is -0.112. The fourth-order valence-electron chi connectivity index (χ4n) is 0.343. The first-order valence-corrected chi connectivity index (χ1v) is 2.57.